The summed E-state index contributed by atoms with van der Waals surface area (Å²) in [7, 11) is 1.30. The molecule has 0 saturated heterocycles. The first kappa shape index (κ1) is 60.5. The Morgan fingerprint density at radius 3 is 1.25 bits per heavy atom. The molecule has 0 fully saturated rings. The highest BCUT2D eigenvalue weighted by Gasteiger charge is 2.34. The van der Waals surface area contributed by atoms with Gasteiger partial charge < -0.3 is 13.9 Å². The van der Waals surface area contributed by atoms with Gasteiger partial charge in [0.05, 0.1) is 31.1 Å². The van der Waals surface area contributed by atoms with E-state index in [1.807, 2.05) is 41.7 Å². The van der Waals surface area contributed by atoms with Crippen LogP contribution in [-0.4, -0.2) is 19.0 Å². The second-order valence-corrected chi connectivity index (χ2v) is 36.5. The van der Waals surface area contributed by atoms with E-state index >= 15 is 8.78 Å². The molecule has 0 aliphatic rings. The fourth-order valence-corrected chi connectivity index (χ4v) is 27.2. The molecule has 0 aliphatic carbocycles. The number of methoxy groups -OCH3 is 1. The number of aryl methyl sites for hydroxylation is 4. The molecule has 0 unspecified atom stereocenters. The van der Waals surface area contributed by atoms with Gasteiger partial charge in [-0.1, -0.05) is 60.7 Å². The Morgan fingerprint density at radius 2 is 0.792 bits per heavy atom. The van der Waals surface area contributed by atoms with Crippen LogP contribution in [0.25, 0.3) is 163 Å². The number of hydrogen-bond acceptors (Lipinski definition) is 18. The van der Waals surface area contributed by atoms with E-state index in [9.17, 15) is 14.4 Å². The Balaban J connectivity index is 0.853. The highest BCUT2D eigenvalue weighted by Crippen LogP contribution is 2.61. The van der Waals surface area contributed by atoms with Crippen molar-refractivity contribution in [3.05, 3.63) is 215 Å². The zero-order valence-electron chi connectivity index (χ0n) is 50.7. The van der Waals surface area contributed by atoms with Gasteiger partial charge in [-0.05, 0) is 136 Å². The van der Waals surface area contributed by atoms with Crippen molar-refractivity contribution in [3.8, 4) is 97.7 Å². The maximum Gasteiger partial charge on any atom is 0.356 e. The summed E-state index contributed by atoms with van der Waals surface area (Å²) in [6.45, 7) is 8.53. The minimum absolute atomic E-state index is 0.0639. The first-order chi connectivity index (χ1) is 46.7. The standard InChI is InChI=1S/C76H42F2O6S12/c1-33-16-23-46(85-33)55-41-29-50(37-12-8-6-9-13-37)89-64(41)56(47-24-17-34(2)86-47)43-32-53(92-66(43)55)70-72-60(62(78)73(95-72)75(80)82-5)68(94-70)51-30-42-57(48-25-18-35(3)87-48)67-44(58(65(42)90-51)49-26-19-36(4)88-49)31-52(91-67)69-71-59(63(93-69)38-14-10-7-11-15-38)61(77)74(96-71)76(81)83-40-21-22-45-39(28-40)20-27-54(79)84-45/h6-32H,1-5H3. The molecule has 0 bridgehead atoms. The molecule has 5 aromatic carbocycles. The van der Waals surface area contributed by atoms with E-state index in [1.165, 1.54) is 81.7 Å². The monoisotopic (exact) mass is 1470 g/mol. The Labute approximate surface area is 593 Å². The number of esters is 2. The van der Waals surface area contributed by atoms with Crippen LogP contribution in [0.5, 0.6) is 5.75 Å². The largest absolute Gasteiger partial charge is 0.465 e. The van der Waals surface area contributed by atoms with Crippen LogP contribution in [0.1, 0.15) is 38.9 Å². The topological polar surface area (TPSA) is 82.8 Å². The molecule has 0 aliphatic heterocycles. The fraction of sp³-hybridized carbons (Fsp3) is 0.0658. The zero-order chi connectivity index (χ0) is 65.1. The third-order valence-corrected chi connectivity index (χ3v) is 31.2. The fourth-order valence-electron chi connectivity index (χ4n) is 12.7. The highest BCUT2D eigenvalue weighted by molar-refractivity contribution is 7.36. The van der Waals surface area contributed by atoms with Gasteiger partial charge in [0.25, 0.3) is 0 Å². The van der Waals surface area contributed by atoms with Crippen LogP contribution >= 0.6 is 136 Å². The molecule has 468 valence electrons. The molecule has 18 aromatic rings. The van der Waals surface area contributed by atoms with E-state index in [1.54, 1.807) is 109 Å². The molecule has 0 amide bonds. The van der Waals surface area contributed by atoms with Crippen LogP contribution < -0.4 is 10.4 Å². The lowest BCUT2D eigenvalue weighted by Gasteiger charge is -2.09. The van der Waals surface area contributed by atoms with E-state index in [4.69, 9.17) is 13.9 Å². The summed E-state index contributed by atoms with van der Waals surface area (Å²) in [5, 5.41) is 5.68. The lowest BCUT2D eigenvalue weighted by Crippen LogP contribution is -2.08. The summed E-state index contributed by atoms with van der Waals surface area (Å²) in [6, 6.07) is 54.6. The molecule has 96 heavy (non-hydrogen) atoms. The minimum atomic E-state index is -0.837. The Morgan fingerprint density at radius 1 is 0.375 bits per heavy atom. The van der Waals surface area contributed by atoms with E-state index in [0.29, 0.717) is 36.0 Å². The van der Waals surface area contributed by atoms with E-state index in [0.717, 1.165) is 118 Å². The highest BCUT2D eigenvalue weighted by atomic mass is 32.1. The third-order valence-electron chi connectivity index (χ3n) is 17.0. The van der Waals surface area contributed by atoms with Crippen LogP contribution in [0, 0.1) is 39.3 Å². The summed E-state index contributed by atoms with van der Waals surface area (Å²) < 4.78 is 57.7. The number of fused-ring (bicyclic) bond motifs is 7. The van der Waals surface area contributed by atoms with Crippen LogP contribution in [0.4, 0.5) is 8.78 Å². The summed E-state index contributed by atoms with van der Waals surface area (Å²) in [5.74, 6) is -2.61. The SMILES string of the molecule is COC(=O)c1sc2c(-c3cc4c(-c5ccc(C)s5)c5sc(-c6ccccc6)cc5c(-c5ccc(C)s5)c4s3)sc(-c3cc4c(-c5ccc(C)s5)c5sc(-c6sc(-c7ccccc7)c7c(F)c(C(=O)Oc8ccc9oc(=O)ccc9c8)sc67)cc5c(-c5ccc(C)s5)c4s3)c2c1F. The van der Waals surface area contributed by atoms with Crippen molar-refractivity contribution in [1.82, 2.24) is 0 Å². The van der Waals surface area contributed by atoms with Crippen molar-refractivity contribution in [2.75, 3.05) is 7.11 Å². The first-order valence-corrected chi connectivity index (χ1v) is 39.8. The predicted molar refractivity (Wildman–Crippen MR) is 413 cm³/mol. The van der Waals surface area contributed by atoms with Gasteiger partial charge in [-0.2, -0.15) is 0 Å². The van der Waals surface area contributed by atoms with Crippen LogP contribution in [0.2, 0.25) is 0 Å². The molecule has 0 spiro atoms. The van der Waals surface area contributed by atoms with Crippen LogP contribution in [0.15, 0.2) is 173 Å². The van der Waals surface area contributed by atoms with Gasteiger partial charge in [0.2, 0.25) is 0 Å². The molecular weight excluding hydrogens is 1430 g/mol. The Kier molecular flexibility index (Phi) is 14.7. The molecule has 0 saturated carbocycles. The van der Waals surface area contributed by atoms with Crippen LogP contribution in [-0.2, 0) is 4.74 Å². The molecule has 20 heteroatoms. The second kappa shape index (κ2) is 23.4. The number of carbonyl (C=O) groups is 2. The average molecular weight is 1470 g/mol. The average Bonchev–Trinajstić information content (AvgIpc) is 1.55. The van der Waals surface area contributed by atoms with Crippen molar-refractivity contribution in [2.24, 2.45) is 0 Å². The third kappa shape index (κ3) is 9.80. The summed E-state index contributed by atoms with van der Waals surface area (Å²) in [4.78, 5) is 56.1. The molecule has 13 aromatic heterocycles. The molecule has 18 rings (SSSR count). The number of thiophene rings is 12. The minimum Gasteiger partial charge on any atom is -0.465 e. The molecule has 0 radical (unpaired) electrons. The molecule has 0 atom stereocenters. The molecule has 13 heterocycles. The van der Waals surface area contributed by atoms with Gasteiger partial charge in [-0.25, -0.2) is 23.2 Å². The van der Waals surface area contributed by atoms with Crippen molar-refractivity contribution < 1.29 is 32.3 Å². The van der Waals surface area contributed by atoms with Gasteiger partial charge in [-0.15, -0.1) is 136 Å². The second-order valence-electron chi connectivity index (χ2n) is 23.0. The van der Waals surface area contributed by atoms with Crippen molar-refractivity contribution in [1.29, 1.82) is 0 Å². The number of halogens is 2. The van der Waals surface area contributed by atoms with Gasteiger partial charge in [-0.3, -0.25) is 0 Å². The van der Waals surface area contributed by atoms with Gasteiger partial charge in [0.1, 0.15) is 21.1 Å². The molecule has 0 N–H and O–H groups in total. The Hall–Kier alpha value is -7.93. The lowest BCUT2D eigenvalue weighted by molar-refractivity contribution is 0.0601. The Bertz CT molecular complexity index is 6140. The molecule has 6 nitrogen and oxygen atoms in total. The van der Waals surface area contributed by atoms with Crippen LogP contribution in [0.3, 0.4) is 0 Å². The van der Waals surface area contributed by atoms with E-state index in [-0.39, 0.29) is 15.5 Å². The molecular formula is C76H42F2O6S12. The summed E-state index contributed by atoms with van der Waals surface area (Å²) in [5.41, 5.74) is 6.29. The number of rotatable bonds is 12. The number of benzene rings is 5. The van der Waals surface area contributed by atoms with Crippen molar-refractivity contribution >= 4 is 219 Å². The van der Waals surface area contributed by atoms with E-state index in [2.05, 4.69) is 131 Å². The smallest absolute Gasteiger partial charge is 0.356 e. The number of carbonyl (C=O) groups excluding carboxylic acids is 2. The van der Waals surface area contributed by atoms with E-state index < -0.39 is 29.2 Å². The summed E-state index contributed by atoms with van der Waals surface area (Å²) >= 11 is 19.2. The quantitative estimate of drug-likeness (QED) is 0.0689. The van der Waals surface area contributed by atoms with Gasteiger partial charge in [0.15, 0.2) is 11.6 Å². The van der Waals surface area contributed by atoms with Crippen molar-refractivity contribution in [3.63, 3.8) is 0 Å². The zero-order valence-corrected chi connectivity index (χ0v) is 60.5. The first-order valence-electron chi connectivity index (χ1n) is 30.0. The lowest BCUT2D eigenvalue weighted by atomic mass is 9.99. The normalized spacial score (nSPS) is 12.0. The van der Waals surface area contributed by atoms with Gasteiger partial charge in [0, 0.05) is 148 Å². The number of ether oxygens (including phenoxy) is 2. The van der Waals surface area contributed by atoms with Gasteiger partial charge >= 0.3 is 17.6 Å². The maximum absolute atomic E-state index is 17.9. The maximum atomic E-state index is 17.9. The predicted octanol–water partition coefficient (Wildman–Crippen LogP) is 27.0. The van der Waals surface area contributed by atoms with Crippen molar-refractivity contribution in [2.45, 2.75) is 27.7 Å². The summed E-state index contributed by atoms with van der Waals surface area (Å²) in [6.07, 6.45) is 0. The number of hydrogen-bond donors (Lipinski definition) is 0.